The van der Waals surface area contributed by atoms with Gasteiger partial charge in [-0.05, 0) is 31.4 Å². The molecule has 0 saturated carbocycles. The Morgan fingerprint density at radius 2 is 2.17 bits per heavy atom. The lowest BCUT2D eigenvalue weighted by molar-refractivity contribution is -0.0826. The van der Waals surface area contributed by atoms with Gasteiger partial charge in [-0.25, -0.2) is 0 Å². The Labute approximate surface area is 79.3 Å². The van der Waals surface area contributed by atoms with Gasteiger partial charge < -0.3 is 5.11 Å². The maximum absolute atomic E-state index is 9.44. The van der Waals surface area contributed by atoms with Crippen molar-refractivity contribution in [1.82, 2.24) is 4.90 Å². The average molecular weight is 189 g/mol. The molecule has 3 heteroatoms. The highest BCUT2D eigenvalue weighted by Gasteiger charge is 2.35. The second-order valence-electron chi connectivity index (χ2n) is 3.76. The molecule has 1 aliphatic rings. The van der Waals surface area contributed by atoms with Gasteiger partial charge in [0.2, 0.25) is 0 Å². The molecule has 1 heterocycles. The quantitative estimate of drug-likeness (QED) is 0.657. The van der Waals surface area contributed by atoms with Crippen molar-refractivity contribution < 1.29 is 5.11 Å². The zero-order chi connectivity index (χ0) is 9.03. The van der Waals surface area contributed by atoms with Crippen LogP contribution in [0, 0.1) is 0 Å². The average Bonchev–Trinajstić information content (AvgIpc) is 1.94. The van der Waals surface area contributed by atoms with E-state index in [1.807, 2.05) is 18.7 Å². The first-order valence-electron chi connectivity index (χ1n) is 4.66. The first kappa shape index (κ1) is 10.4. The normalized spacial score (nSPS) is 22.2. The molecule has 2 nitrogen and oxygen atoms in total. The molecule has 0 unspecified atom stereocenters. The molecule has 0 aromatic heterocycles. The summed E-state index contributed by atoms with van der Waals surface area (Å²) in [5.41, 5.74) is -0.391. The van der Waals surface area contributed by atoms with Crippen LogP contribution < -0.4 is 0 Å². The molecule has 1 rings (SSSR count). The molecule has 0 atom stereocenters. The van der Waals surface area contributed by atoms with E-state index in [0.29, 0.717) is 0 Å². The number of aliphatic hydroxyl groups is 1. The minimum Gasteiger partial charge on any atom is -0.388 e. The van der Waals surface area contributed by atoms with E-state index in [1.54, 1.807) is 0 Å². The Hall–Kier alpha value is 0.270. The number of thioether (sulfide) groups is 1. The molecule has 0 bridgehead atoms. The van der Waals surface area contributed by atoms with Gasteiger partial charge in [0, 0.05) is 13.1 Å². The lowest BCUT2D eigenvalue weighted by atomic mass is 9.97. The summed E-state index contributed by atoms with van der Waals surface area (Å²) in [7, 11) is 0. The first-order chi connectivity index (χ1) is 5.64. The molecular formula is C9H19NOS. The minimum absolute atomic E-state index is 0.391. The van der Waals surface area contributed by atoms with Crippen LogP contribution in [-0.2, 0) is 0 Å². The Balaban J connectivity index is 1.90. The highest BCUT2D eigenvalue weighted by molar-refractivity contribution is 7.99. The monoisotopic (exact) mass is 189 g/mol. The van der Waals surface area contributed by atoms with Crippen LogP contribution in [0.2, 0.25) is 0 Å². The molecule has 0 radical (unpaired) electrons. The number of hydrogen-bond donors (Lipinski definition) is 1. The highest BCUT2D eigenvalue weighted by atomic mass is 32.2. The summed E-state index contributed by atoms with van der Waals surface area (Å²) in [6.45, 7) is 6.99. The van der Waals surface area contributed by atoms with Gasteiger partial charge in [-0.15, -0.1) is 0 Å². The van der Waals surface area contributed by atoms with Crippen LogP contribution in [0.3, 0.4) is 0 Å². The van der Waals surface area contributed by atoms with Crippen molar-refractivity contribution in [3.8, 4) is 0 Å². The van der Waals surface area contributed by atoms with Crippen molar-refractivity contribution in [3.05, 3.63) is 0 Å². The molecule has 12 heavy (non-hydrogen) atoms. The number of likely N-dealkylation sites (tertiary alicyclic amines) is 1. The summed E-state index contributed by atoms with van der Waals surface area (Å²) in [6.07, 6.45) is 1.26. The second-order valence-corrected chi connectivity index (χ2v) is 5.15. The van der Waals surface area contributed by atoms with Crippen LogP contribution in [0.4, 0.5) is 0 Å². The molecule has 0 aliphatic carbocycles. The van der Waals surface area contributed by atoms with E-state index in [9.17, 15) is 5.11 Å². The fourth-order valence-corrected chi connectivity index (χ4v) is 2.23. The molecule has 0 aromatic rings. The lowest BCUT2D eigenvalue weighted by Gasteiger charge is -2.44. The van der Waals surface area contributed by atoms with Crippen molar-refractivity contribution in [2.45, 2.75) is 25.9 Å². The van der Waals surface area contributed by atoms with Crippen LogP contribution in [-0.4, -0.2) is 46.7 Å². The summed E-state index contributed by atoms with van der Waals surface area (Å²) in [5.74, 6) is 2.48. The van der Waals surface area contributed by atoms with Crippen molar-refractivity contribution in [2.24, 2.45) is 0 Å². The van der Waals surface area contributed by atoms with Gasteiger partial charge in [0.15, 0.2) is 0 Å². The molecule has 1 N–H and O–H groups in total. The molecule has 1 aliphatic heterocycles. The summed E-state index contributed by atoms with van der Waals surface area (Å²) in [6, 6.07) is 0. The predicted molar refractivity (Wildman–Crippen MR) is 54.7 cm³/mol. The second kappa shape index (κ2) is 4.49. The van der Waals surface area contributed by atoms with Crippen LogP contribution in [0.1, 0.15) is 20.3 Å². The summed E-state index contributed by atoms with van der Waals surface area (Å²) in [4.78, 5) is 2.32. The Bertz CT molecular complexity index is 130. The van der Waals surface area contributed by atoms with Crippen molar-refractivity contribution >= 4 is 11.8 Å². The smallest absolute Gasteiger partial charge is 0.0872 e. The number of hydrogen-bond acceptors (Lipinski definition) is 3. The van der Waals surface area contributed by atoms with Crippen LogP contribution in [0.25, 0.3) is 0 Å². The van der Waals surface area contributed by atoms with E-state index >= 15 is 0 Å². The van der Waals surface area contributed by atoms with E-state index in [1.165, 1.54) is 17.9 Å². The summed E-state index contributed by atoms with van der Waals surface area (Å²) < 4.78 is 0. The number of nitrogens with zero attached hydrogens (tertiary/aromatic N) is 1. The highest BCUT2D eigenvalue weighted by Crippen LogP contribution is 2.19. The van der Waals surface area contributed by atoms with E-state index in [0.717, 1.165) is 19.6 Å². The molecule has 1 fully saturated rings. The standard InChI is InChI=1S/C9H19NOS/c1-3-12-6-4-5-10-7-9(2,11)8-10/h11H,3-8H2,1-2H3. The van der Waals surface area contributed by atoms with Gasteiger partial charge in [-0.2, -0.15) is 11.8 Å². The van der Waals surface area contributed by atoms with Gasteiger partial charge in [0.25, 0.3) is 0 Å². The van der Waals surface area contributed by atoms with Crippen molar-refractivity contribution in [1.29, 1.82) is 0 Å². The van der Waals surface area contributed by atoms with Crippen LogP contribution in [0.5, 0.6) is 0 Å². The zero-order valence-electron chi connectivity index (χ0n) is 8.05. The van der Waals surface area contributed by atoms with Crippen LogP contribution in [0.15, 0.2) is 0 Å². The largest absolute Gasteiger partial charge is 0.388 e. The fraction of sp³-hybridized carbons (Fsp3) is 1.00. The summed E-state index contributed by atoms with van der Waals surface area (Å²) in [5, 5.41) is 9.44. The molecule has 72 valence electrons. The molecular weight excluding hydrogens is 170 g/mol. The van der Waals surface area contributed by atoms with Gasteiger partial charge >= 0.3 is 0 Å². The van der Waals surface area contributed by atoms with Gasteiger partial charge in [0.05, 0.1) is 5.60 Å². The Morgan fingerprint density at radius 1 is 1.50 bits per heavy atom. The lowest BCUT2D eigenvalue weighted by Crippen LogP contribution is -2.59. The molecule has 1 saturated heterocycles. The van der Waals surface area contributed by atoms with Gasteiger partial charge in [-0.3, -0.25) is 4.90 Å². The number of rotatable bonds is 5. The third-order valence-corrected chi connectivity index (χ3v) is 3.08. The third kappa shape index (κ3) is 3.33. The van der Waals surface area contributed by atoms with Gasteiger partial charge in [0.1, 0.15) is 0 Å². The fourth-order valence-electron chi connectivity index (χ4n) is 1.61. The SMILES string of the molecule is CCSCCCN1CC(C)(O)C1. The Morgan fingerprint density at radius 3 is 2.67 bits per heavy atom. The molecule has 0 amide bonds. The van der Waals surface area contributed by atoms with E-state index in [-0.39, 0.29) is 0 Å². The number of β-amino-alcohol motifs (C(OH)–C–C–N with tert-alkyl or cyclic N) is 1. The first-order valence-corrected chi connectivity index (χ1v) is 5.82. The van der Waals surface area contributed by atoms with Gasteiger partial charge in [-0.1, -0.05) is 6.92 Å². The van der Waals surface area contributed by atoms with E-state index in [2.05, 4.69) is 11.8 Å². The zero-order valence-corrected chi connectivity index (χ0v) is 8.86. The van der Waals surface area contributed by atoms with Crippen LogP contribution >= 0.6 is 11.8 Å². The summed E-state index contributed by atoms with van der Waals surface area (Å²) >= 11 is 2.00. The minimum atomic E-state index is -0.391. The van der Waals surface area contributed by atoms with Crippen molar-refractivity contribution in [3.63, 3.8) is 0 Å². The third-order valence-electron chi connectivity index (χ3n) is 2.10. The van der Waals surface area contributed by atoms with Crippen molar-refractivity contribution in [2.75, 3.05) is 31.1 Å². The van der Waals surface area contributed by atoms with E-state index < -0.39 is 5.60 Å². The molecule has 0 aromatic carbocycles. The molecule has 0 spiro atoms. The predicted octanol–water partition coefficient (Wildman–Crippen LogP) is 1.20. The maximum atomic E-state index is 9.44. The Kier molecular flexibility index (Phi) is 3.87. The topological polar surface area (TPSA) is 23.5 Å². The maximum Gasteiger partial charge on any atom is 0.0872 e. The van der Waals surface area contributed by atoms with E-state index in [4.69, 9.17) is 0 Å².